The molecule has 0 radical (unpaired) electrons. The summed E-state index contributed by atoms with van der Waals surface area (Å²) in [6.07, 6.45) is 0.756. The Kier molecular flexibility index (Phi) is 6.23. The highest BCUT2D eigenvalue weighted by Gasteiger charge is 2.22. The van der Waals surface area contributed by atoms with Gasteiger partial charge in [-0.2, -0.15) is 0 Å². The van der Waals surface area contributed by atoms with E-state index in [-0.39, 0.29) is 12.0 Å². The molecule has 5 heteroatoms. The molecule has 1 unspecified atom stereocenters. The molecule has 0 spiro atoms. The van der Waals surface area contributed by atoms with Gasteiger partial charge in [0, 0.05) is 6.04 Å². The predicted molar refractivity (Wildman–Crippen MR) is 86.5 cm³/mol. The smallest absolute Gasteiger partial charge is 0.241 e. The van der Waals surface area contributed by atoms with Gasteiger partial charge in [-0.3, -0.25) is 0 Å². The molecule has 1 rings (SSSR count). The highest BCUT2D eigenvalue weighted by molar-refractivity contribution is 7.89. The number of rotatable bonds is 7. The maximum absolute atomic E-state index is 12.5. The largest absolute Gasteiger partial charge is 0.494 e. The first-order valence-electron chi connectivity index (χ1n) is 7.52. The lowest BCUT2D eigenvalue weighted by atomic mass is 10.0. The highest BCUT2D eigenvalue weighted by atomic mass is 32.2. The molecule has 0 fully saturated rings. The molecule has 0 heterocycles. The van der Waals surface area contributed by atoms with E-state index in [2.05, 4.69) is 4.72 Å². The van der Waals surface area contributed by atoms with Crippen LogP contribution in [0, 0.1) is 6.92 Å². The van der Waals surface area contributed by atoms with Crippen molar-refractivity contribution in [2.75, 3.05) is 6.61 Å². The van der Waals surface area contributed by atoms with E-state index in [0.29, 0.717) is 17.1 Å². The summed E-state index contributed by atoms with van der Waals surface area (Å²) in [5.41, 5.74) is 1.63. The molecular formula is C16H27NO3S. The molecule has 1 atom stereocenters. The number of aryl methyl sites for hydroxylation is 1. The summed E-state index contributed by atoms with van der Waals surface area (Å²) in [5, 5.41) is 0. The Morgan fingerprint density at radius 3 is 2.29 bits per heavy atom. The van der Waals surface area contributed by atoms with Gasteiger partial charge < -0.3 is 4.74 Å². The molecule has 1 aromatic rings. The molecule has 0 saturated heterocycles. The lowest BCUT2D eigenvalue weighted by molar-refractivity contribution is 0.334. The van der Waals surface area contributed by atoms with Crippen LogP contribution in [-0.4, -0.2) is 21.1 Å². The summed E-state index contributed by atoms with van der Waals surface area (Å²) in [5.74, 6) is 0.970. The second-order valence-electron chi connectivity index (χ2n) is 5.67. The van der Waals surface area contributed by atoms with Crippen molar-refractivity contribution < 1.29 is 13.2 Å². The van der Waals surface area contributed by atoms with Crippen LogP contribution in [-0.2, 0) is 10.0 Å². The molecule has 1 aromatic carbocycles. The Labute approximate surface area is 129 Å². The Balaban J connectivity index is 3.34. The van der Waals surface area contributed by atoms with Gasteiger partial charge in [-0.25, -0.2) is 13.1 Å². The van der Waals surface area contributed by atoms with E-state index in [9.17, 15) is 8.42 Å². The molecule has 0 aliphatic carbocycles. The van der Waals surface area contributed by atoms with Crippen LogP contribution in [0.4, 0.5) is 0 Å². The molecular weight excluding hydrogens is 286 g/mol. The summed E-state index contributed by atoms with van der Waals surface area (Å²) in [4.78, 5) is 0.343. The summed E-state index contributed by atoms with van der Waals surface area (Å²) in [7, 11) is -3.50. The Hall–Kier alpha value is -1.07. The summed E-state index contributed by atoms with van der Waals surface area (Å²) in [6, 6.07) is 3.49. The Morgan fingerprint density at radius 2 is 1.81 bits per heavy atom. The van der Waals surface area contributed by atoms with Gasteiger partial charge in [0.2, 0.25) is 10.0 Å². The minimum absolute atomic E-state index is 0.0801. The molecule has 21 heavy (non-hydrogen) atoms. The zero-order valence-electron chi connectivity index (χ0n) is 13.9. The minimum atomic E-state index is -3.50. The Bertz CT molecular complexity index is 579. The van der Waals surface area contributed by atoms with Gasteiger partial charge in [-0.1, -0.05) is 20.8 Å². The van der Waals surface area contributed by atoms with Crippen molar-refractivity contribution >= 4 is 10.0 Å². The van der Waals surface area contributed by atoms with E-state index < -0.39 is 10.0 Å². The van der Waals surface area contributed by atoms with Gasteiger partial charge in [0.25, 0.3) is 0 Å². The number of hydrogen-bond acceptors (Lipinski definition) is 3. The van der Waals surface area contributed by atoms with Crippen molar-refractivity contribution in [1.82, 2.24) is 4.72 Å². The van der Waals surface area contributed by atoms with Crippen molar-refractivity contribution in [3.63, 3.8) is 0 Å². The number of benzene rings is 1. The van der Waals surface area contributed by atoms with Crippen LogP contribution in [0.5, 0.6) is 5.75 Å². The molecule has 0 aliphatic heterocycles. The fourth-order valence-electron chi connectivity index (χ4n) is 2.11. The van der Waals surface area contributed by atoms with Gasteiger partial charge in [-0.05, 0) is 56.4 Å². The van der Waals surface area contributed by atoms with Crippen LogP contribution in [0.15, 0.2) is 17.0 Å². The van der Waals surface area contributed by atoms with Gasteiger partial charge in [0.05, 0.1) is 11.5 Å². The first-order chi connectivity index (χ1) is 9.72. The van der Waals surface area contributed by atoms with Gasteiger partial charge >= 0.3 is 0 Å². The maximum atomic E-state index is 12.5. The van der Waals surface area contributed by atoms with E-state index >= 15 is 0 Å². The normalized spacial score (nSPS) is 13.5. The van der Waals surface area contributed by atoms with E-state index in [0.717, 1.165) is 17.7 Å². The van der Waals surface area contributed by atoms with Crippen LogP contribution in [0.3, 0.4) is 0 Å². The molecule has 0 aromatic heterocycles. The third-order valence-electron chi connectivity index (χ3n) is 3.49. The number of ether oxygens (including phenoxy) is 1. The second kappa shape index (κ2) is 7.27. The summed E-state index contributed by atoms with van der Waals surface area (Å²) in [6.45, 7) is 12.2. The molecule has 4 nitrogen and oxygen atoms in total. The third-order valence-corrected chi connectivity index (χ3v) is 5.22. The lowest BCUT2D eigenvalue weighted by Gasteiger charge is -2.19. The zero-order valence-corrected chi connectivity index (χ0v) is 14.7. The van der Waals surface area contributed by atoms with Crippen LogP contribution in [0.2, 0.25) is 0 Å². The van der Waals surface area contributed by atoms with Gasteiger partial charge in [0.15, 0.2) is 0 Å². The number of sulfonamides is 1. The first kappa shape index (κ1) is 18.0. The maximum Gasteiger partial charge on any atom is 0.241 e. The van der Waals surface area contributed by atoms with E-state index in [4.69, 9.17) is 4.74 Å². The standard InChI is InChI=1S/C16H27NO3S/c1-7-13(6)17-21(18,19)16-10-14(11(3)4)15(20-8-2)9-12(16)5/h9-11,13,17H,7-8H2,1-6H3. The summed E-state index contributed by atoms with van der Waals surface area (Å²) >= 11 is 0. The second-order valence-corrected chi connectivity index (χ2v) is 7.36. The monoisotopic (exact) mass is 313 g/mol. The lowest BCUT2D eigenvalue weighted by Crippen LogP contribution is -2.32. The molecule has 1 N–H and O–H groups in total. The third kappa shape index (κ3) is 4.45. The topological polar surface area (TPSA) is 55.4 Å². The van der Waals surface area contributed by atoms with Crippen molar-refractivity contribution in [2.24, 2.45) is 0 Å². The van der Waals surface area contributed by atoms with Gasteiger partial charge in [0.1, 0.15) is 5.75 Å². The predicted octanol–water partition coefficient (Wildman–Crippen LogP) is 3.59. The van der Waals surface area contributed by atoms with Crippen LogP contribution in [0.1, 0.15) is 58.1 Å². The fraction of sp³-hybridized carbons (Fsp3) is 0.625. The number of nitrogens with one attached hydrogen (secondary N) is 1. The van der Waals surface area contributed by atoms with Crippen LogP contribution >= 0.6 is 0 Å². The average molecular weight is 313 g/mol. The molecule has 0 bridgehead atoms. The quantitative estimate of drug-likeness (QED) is 0.837. The van der Waals surface area contributed by atoms with Gasteiger partial charge in [-0.15, -0.1) is 0 Å². The molecule has 0 amide bonds. The summed E-state index contributed by atoms with van der Waals surface area (Å²) < 4.78 is 33.4. The van der Waals surface area contributed by atoms with Crippen LogP contribution < -0.4 is 9.46 Å². The minimum Gasteiger partial charge on any atom is -0.494 e. The van der Waals surface area contributed by atoms with E-state index in [1.54, 1.807) is 13.0 Å². The van der Waals surface area contributed by atoms with Crippen molar-refractivity contribution in [3.8, 4) is 5.75 Å². The molecule has 0 saturated carbocycles. The first-order valence-corrected chi connectivity index (χ1v) is 9.00. The van der Waals surface area contributed by atoms with E-state index in [1.165, 1.54) is 0 Å². The zero-order chi connectivity index (χ0) is 16.2. The Morgan fingerprint density at radius 1 is 1.19 bits per heavy atom. The van der Waals surface area contributed by atoms with Crippen molar-refractivity contribution in [2.45, 2.75) is 64.8 Å². The van der Waals surface area contributed by atoms with Crippen molar-refractivity contribution in [3.05, 3.63) is 23.3 Å². The molecule has 120 valence electrons. The molecule has 0 aliphatic rings. The van der Waals surface area contributed by atoms with Crippen molar-refractivity contribution in [1.29, 1.82) is 0 Å². The van der Waals surface area contributed by atoms with E-state index in [1.807, 2.05) is 40.7 Å². The average Bonchev–Trinajstić information content (AvgIpc) is 2.37. The SMILES string of the molecule is CCOc1cc(C)c(S(=O)(=O)NC(C)CC)cc1C(C)C. The fourth-order valence-corrected chi connectivity index (χ4v) is 3.70. The highest BCUT2D eigenvalue weighted by Crippen LogP contribution is 2.31. The van der Waals surface area contributed by atoms with Crippen LogP contribution in [0.25, 0.3) is 0 Å². The number of hydrogen-bond donors (Lipinski definition) is 1.